The van der Waals surface area contributed by atoms with Gasteiger partial charge in [-0.3, -0.25) is 14.4 Å². The van der Waals surface area contributed by atoms with Gasteiger partial charge in [-0.25, -0.2) is 0 Å². The van der Waals surface area contributed by atoms with E-state index in [0.29, 0.717) is 24.2 Å². The molecule has 0 saturated heterocycles. The summed E-state index contributed by atoms with van der Waals surface area (Å²) in [5.74, 6) is -1.20. The van der Waals surface area contributed by atoms with Crippen LogP contribution in [0.4, 0.5) is 0 Å². The van der Waals surface area contributed by atoms with Crippen molar-refractivity contribution in [2.24, 2.45) is 0 Å². The number of hydrogen-bond acceptors (Lipinski definition) is 6. The summed E-state index contributed by atoms with van der Waals surface area (Å²) in [6.07, 6.45) is 2.90. The molecule has 0 unspecified atom stereocenters. The fraction of sp³-hybridized carbons (Fsp3) is 0.500. The highest BCUT2D eigenvalue weighted by molar-refractivity contribution is 5.96. The van der Waals surface area contributed by atoms with E-state index >= 15 is 0 Å². The summed E-state index contributed by atoms with van der Waals surface area (Å²) in [6, 6.07) is 8.68. The van der Waals surface area contributed by atoms with Gasteiger partial charge in [-0.1, -0.05) is 25.3 Å². The van der Waals surface area contributed by atoms with Crippen LogP contribution in [-0.4, -0.2) is 43.1 Å². The first-order valence-electron chi connectivity index (χ1n) is 9.24. The summed E-state index contributed by atoms with van der Waals surface area (Å²) in [7, 11) is 1.49. The second kappa shape index (κ2) is 9.74. The van der Waals surface area contributed by atoms with Crippen molar-refractivity contribution in [3.63, 3.8) is 0 Å². The summed E-state index contributed by atoms with van der Waals surface area (Å²) in [4.78, 5) is 36.3. The number of hydrogen-bond donors (Lipinski definition) is 2. The fourth-order valence-electron chi connectivity index (χ4n) is 3.07. The molecule has 150 valence electrons. The number of benzene rings is 1. The Kier molecular flexibility index (Phi) is 7.38. The monoisotopic (exact) mass is 387 g/mol. The topological polar surface area (TPSA) is 118 Å². The molecule has 2 N–H and O–H groups in total. The Hall–Kier alpha value is -3.08. The Labute approximate surface area is 164 Å². The van der Waals surface area contributed by atoms with Crippen molar-refractivity contribution >= 4 is 17.8 Å². The molecular weight excluding hydrogens is 362 g/mol. The first kappa shape index (κ1) is 21.2. The summed E-state index contributed by atoms with van der Waals surface area (Å²) in [5.41, 5.74) is -0.553. The highest BCUT2D eigenvalue weighted by atomic mass is 16.5. The van der Waals surface area contributed by atoms with Crippen molar-refractivity contribution in [3.05, 3.63) is 29.8 Å². The van der Waals surface area contributed by atoms with Crippen LogP contribution in [0, 0.1) is 11.3 Å². The van der Waals surface area contributed by atoms with E-state index in [1.54, 1.807) is 24.3 Å². The van der Waals surface area contributed by atoms with E-state index < -0.39 is 29.4 Å². The molecule has 2 rings (SSSR count). The molecule has 1 aliphatic rings. The number of esters is 1. The van der Waals surface area contributed by atoms with Crippen LogP contribution >= 0.6 is 0 Å². The number of methoxy groups -OCH3 is 1. The molecule has 1 aromatic rings. The molecule has 0 radical (unpaired) electrons. The van der Waals surface area contributed by atoms with Gasteiger partial charge in [-0.2, -0.15) is 5.26 Å². The van der Waals surface area contributed by atoms with Crippen LogP contribution in [0.5, 0.6) is 5.75 Å². The number of carbonyl (C=O) groups is 3. The minimum Gasteiger partial charge on any atom is -0.497 e. The zero-order valence-electron chi connectivity index (χ0n) is 16.1. The predicted molar refractivity (Wildman–Crippen MR) is 100 cm³/mol. The molecule has 1 fully saturated rings. The van der Waals surface area contributed by atoms with Crippen molar-refractivity contribution in [1.82, 2.24) is 10.6 Å². The average molecular weight is 387 g/mol. The lowest BCUT2D eigenvalue weighted by molar-refractivity contribution is -0.154. The van der Waals surface area contributed by atoms with Gasteiger partial charge in [-0.05, 0) is 38.0 Å². The maximum Gasteiger partial charge on any atom is 0.326 e. The standard InChI is InChI=1S/C20H25N3O5/c1-14(18(25)23-20(13-21)9-4-3-5-10-20)28-17(24)12-22-19(26)15-7-6-8-16(11-15)27-2/h6-8,11,14H,3-5,9-10,12H2,1-2H3,(H,22,26)(H,23,25)/t14-/m1/s1. The highest BCUT2D eigenvalue weighted by Gasteiger charge is 2.35. The van der Waals surface area contributed by atoms with Crippen LogP contribution in [0.15, 0.2) is 24.3 Å². The van der Waals surface area contributed by atoms with Crippen LogP contribution in [0.3, 0.4) is 0 Å². The third-order valence-corrected chi connectivity index (χ3v) is 4.69. The van der Waals surface area contributed by atoms with Gasteiger partial charge in [0.2, 0.25) is 0 Å². The van der Waals surface area contributed by atoms with Gasteiger partial charge in [0.05, 0.1) is 13.2 Å². The van der Waals surface area contributed by atoms with E-state index in [1.807, 2.05) is 0 Å². The van der Waals surface area contributed by atoms with Crippen molar-refractivity contribution in [3.8, 4) is 11.8 Å². The molecule has 0 aromatic heterocycles. The van der Waals surface area contributed by atoms with E-state index in [2.05, 4.69) is 16.7 Å². The lowest BCUT2D eigenvalue weighted by atomic mass is 9.83. The summed E-state index contributed by atoms with van der Waals surface area (Å²) in [6.45, 7) is 1.06. The molecule has 8 heteroatoms. The molecule has 2 amide bonds. The molecule has 1 atom stereocenters. The maximum atomic E-state index is 12.3. The van der Waals surface area contributed by atoms with Gasteiger partial charge in [-0.15, -0.1) is 0 Å². The molecule has 28 heavy (non-hydrogen) atoms. The lowest BCUT2D eigenvalue weighted by Crippen LogP contribution is -2.52. The molecule has 1 aliphatic carbocycles. The predicted octanol–water partition coefficient (Wildman–Crippen LogP) is 1.70. The number of nitriles is 1. The Bertz CT molecular complexity index is 765. The van der Waals surface area contributed by atoms with Crippen LogP contribution in [-0.2, 0) is 14.3 Å². The molecule has 1 aromatic carbocycles. The second-order valence-electron chi connectivity index (χ2n) is 6.79. The van der Waals surface area contributed by atoms with Gasteiger partial charge in [0, 0.05) is 5.56 Å². The fourth-order valence-corrected chi connectivity index (χ4v) is 3.07. The van der Waals surface area contributed by atoms with Crippen LogP contribution < -0.4 is 15.4 Å². The number of nitrogens with one attached hydrogen (secondary N) is 2. The average Bonchev–Trinajstić information content (AvgIpc) is 2.72. The highest BCUT2D eigenvalue weighted by Crippen LogP contribution is 2.27. The van der Waals surface area contributed by atoms with Gasteiger partial charge < -0.3 is 20.1 Å². The van der Waals surface area contributed by atoms with Crippen LogP contribution in [0.2, 0.25) is 0 Å². The smallest absolute Gasteiger partial charge is 0.326 e. The molecule has 8 nitrogen and oxygen atoms in total. The Balaban J connectivity index is 1.82. The summed E-state index contributed by atoms with van der Waals surface area (Å²) < 4.78 is 10.1. The lowest BCUT2D eigenvalue weighted by Gasteiger charge is -2.32. The number of ether oxygens (including phenoxy) is 2. The molecule has 1 saturated carbocycles. The molecule has 0 aliphatic heterocycles. The van der Waals surface area contributed by atoms with Gasteiger partial charge in [0.15, 0.2) is 6.10 Å². The second-order valence-corrected chi connectivity index (χ2v) is 6.79. The normalized spacial score (nSPS) is 16.2. The maximum absolute atomic E-state index is 12.3. The zero-order valence-corrected chi connectivity index (χ0v) is 16.1. The number of nitrogens with zero attached hydrogens (tertiary/aromatic N) is 1. The SMILES string of the molecule is COc1cccc(C(=O)NCC(=O)O[C@H](C)C(=O)NC2(C#N)CCCCC2)c1. The first-order chi connectivity index (χ1) is 13.4. The Morgan fingerprint density at radius 2 is 1.96 bits per heavy atom. The Morgan fingerprint density at radius 3 is 2.61 bits per heavy atom. The largest absolute Gasteiger partial charge is 0.497 e. The quantitative estimate of drug-likeness (QED) is 0.688. The van der Waals surface area contributed by atoms with Gasteiger partial charge in [0.1, 0.15) is 17.8 Å². The first-order valence-corrected chi connectivity index (χ1v) is 9.24. The summed E-state index contributed by atoms with van der Waals surface area (Å²) in [5, 5.41) is 14.6. The molecule has 0 bridgehead atoms. The van der Waals surface area contributed by atoms with Crippen molar-refractivity contribution < 1.29 is 23.9 Å². The van der Waals surface area contributed by atoms with Crippen molar-refractivity contribution in [2.45, 2.75) is 50.7 Å². The minimum atomic E-state index is -1.06. The Morgan fingerprint density at radius 1 is 1.25 bits per heavy atom. The van der Waals surface area contributed by atoms with E-state index in [1.165, 1.54) is 14.0 Å². The minimum absolute atomic E-state index is 0.339. The van der Waals surface area contributed by atoms with Crippen molar-refractivity contribution in [2.75, 3.05) is 13.7 Å². The number of rotatable bonds is 7. The van der Waals surface area contributed by atoms with E-state index in [9.17, 15) is 19.6 Å². The van der Waals surface area contributed by atoms with Crippen molar-refractivity contribution in [1.29, 1.82) is 5.26 Å². The van der Waals surface area contributed by atoms with E-state index in [-0.39, 0.29) is 6.54 Å². The van der Waals surface area contributed by atoms with Gasteiger partial charge in [0.25, 0.3) is 11.8 Å². The molecule has 0 spiro atoms. The number of carbonyl (C=O) groups excluding carboxylic acids is 3. The van der Waals surface area contributed by atoms with E-state index in [4.69, 9.17) is 9.47 Å². The number of amides is 2. The zero-order chi connectivity index (χ0) is 20.6. The third-order valence-electron chi connectivity index (χ3n) is 4.69. The van der Waals surface area contributed by atoms with E-state index in [0.717, 1.165) is 19.3 Å². The molecule has 0 heterocycles. The molecular formula is C20H25N3O5. The summed E-state index contributed by atoms with van der Waals surface area (Å²) >= 11 is 0. The third kappa shape index (κ3) is 5.71. The van der Waals surface area contributed by atoms with Crippen LogP contribution in [0.25, 0.3) is 0 Å². The van der Waals surface area contributed by atoms with Crippen LogP contribution in [0.1, 0.15) is 49.4 Å². The van der Waals surface area contributed by atoms with Gasteiger partial charge >= 0.3 is 5.97 Å².